The van der Waals surface area contributed by atoms with Gasteiger partial charge in [0.2, 0.25) is 0 Å². The average molecular weight is 187 g/mol. The monoisotopic (exact) mass is 187 g/mol. The van der Waals surface area contributed by atoms with Crippen LogP contribution < -0.4 is 10.5 Å². The lowest BCUT2D eigenvalue weighted by atomic mass is 10.2. The number of ether oxygens (including phenoxy) is 1. The molecule has 0 aliphatic heterocycles. The molecule has 1 aliphatic rings. The summed E-state index contributed by atoms with van der Waals surface area (Å²) in [5.41, 5.74) is 6.27. The first kappa shape index (κ1) is 9.11. The largest absolute Gasteiger partial charge is 0.490 e. The van der Waals surface area contributed by atoms with Gasteiger partial charge in [-0.05, 0) is 31.0 Å². The van der Waals surface area contributed by atoms with Gasteiger partial charge in [0.1, 0.15) is 5.75 Å². The first-order valence-electron chi connectivity index (χ1n) is 4.84. The minimum Gasteiger partial charge on any atom is -0.490 e. The van der Waals surface area contributed by atoms with Gasteiger partial charge in [-0.25, -0.2) is 0 Å². The molecule has 2 N–H and O–H groups in total. The van der Waals surface area contributed by atoms with Crippen molar-refractivity contribution in [3.05, 3.63) is 29.8 Å². The summed E-state index contributed by atoms with van der Waals surface area (Å²) in [4.78, 5) is 0. The molecule has 0 atom stereocenters. The molecule has 1 fully saturated rings. The van der Waals surface area contributed by atoms with Crippen molar-refractivity contribution in [3.63, 3.8) is 0 Å². The van der Waals surface area contributed by atoms with Crippen LogP contribution in [0, 0.1) is 11.8 Å². The van der Waals surface area contributed by atoms with Gasteiger partial charge in [-0.1, -0.05) is 17.9 Å². The van der Waals surface area contributed by atoms with E-state index in [2.05, 4.69) is 11.8 Å². The van der Waals surface area contributed by atoms with E-state index < -0.39 is 0 Å². The second-order valence-corrected chi connectivity index (χ2v) is 3.35. The van der Waals surface area contributed by atoms with E-state index in [1.807, 2.05) is 24.3 Å². The van der Waals surface area contributed by atoms with E-state index >= 15 is 0 Å². The number of nitrogens with two attached hydrogens (primary N) is 1. The molecule has 72 valence electrons. The van der Waals surface area contributed by atoms with Crippen LogP contribution in [0.4, 0.5) is 0 Å². The van der Waals surface area contributed by atoms with Crippen LogP contribution in [0.5, 0.6) is 5.75 Å². The minimum absolute atomic E-state index is 0.397. The first-order chi connectivity index (χ1) is 6.88. The summed E-state index contributed by atoms with van der Waals surface area (Å²) in [7, 11) is 0. The molecule has 14 heavy (non-hydrogen) atoms. The van der Waals surface area contributed by atoms with Crippen molar-refractivity contribution in [3.8, 4) is 17.6 Å². The maximum atomic E-state index is 5.65. The number of hydrogen-bond acceptors (Lipinski definition) is 2. The fourth-order valence-corrected chi connectivity index (χ4v) is 1.18. The third kappa shape index (κ3) is 2.51. The van der Waals surface area contributed by atoms with Crippen LogP contribution in [0.3, 0.4) is 0 Å². The van der Waals surface area contributed by atoms with Gasteiger partial charge in [-0.15, -0.1) is 0 Å². The maximum Gasteiger partial charge on any atom is 0.120 e. The zero-order valence-corrected chi connectivity index (χ0v) is 7.99. The highest BCUT2D eigenvalue weighted by molar-refractivity contribution is 5.40. The first-order valence-corrected chi connectivity index (χ1v) is 4.84. The van der Waals surface area contributed by atoms with Gasteiger partial charge in [0, 0.05) is 5.56 Å². The fraction of sp³-hybridized carbons (Fsp3) is 0.333. The third-order valence-corrected chi connectivity index (χ3v) is 2.00. The molecule has 1 saturated carbocycles. The van der Waals surface area contributed by atoms with Crippen molar-refractivity contribution >= 4 is 0 Å². The Bertz CT molecular complexity index is 371. The van der Waals surface area contributed by atoms with Gasteiger partial charge in [-0.2, -0.15) is 0 Å². The van der Waals surface area contributed by atoms with Crippen LogP contribution in [-0.2, 0) is 0 Å². The highest BCUT2D eigenvalue weighted by Crippen LogP contribution is 2.26. The number of rotatable bonds is 2. The van der Waals surface area contributed by atoms with Gasteiger partial charge in [0.25, 0.3) is 0 Å². The van der Waals surface area contributed by atoms with Gasteiger partial charge in [0.15, 0.2) is 0 Å². The van der Waals surface area contributed by atoms with Crippen LogP contribution >= 0.6 is 0 Å². The van der Waals surface area contributed by atoms with E-state index in [4.69, 9.17) is 10.5 Å². The summed E-state index contributed by atoms with van der Waals surface area (Å²) in [6, 6.07) is 7.84. The molecule has 1 aromatic rings. The summed E-state index contributed by atoms with van der Waals surface area (Å²) < 4.78 is 5.65. The molecule has 0 radical (unpaired) electrons. The molecule has 2 heteroatoms. The lowest BCUT2D eigenvalue weighted by Gasteiger charge is -2.03. The Morgan fingerprint density at radius 2 is 2.29 bits per heavy atom. The lowest BCUT2D eigenvalue weighted by Crippen LogP contribution is -1.96. The number of benzene rings is 1. The van der Waals surface area contributed by atoms with Gasteiger partial charge in [0.05, 0.1) is 12.6 Å². The van der Waals surface area contributed by atoms with E-state index in [0.717, 1.165) is 11.3 Å². The predicted octanol–water partition coefficient (Wildman–Crippen LogP) is 1.54. The summed E-state index contributed by atoms with van der Waals surface area (Å²) in [5.74, 6) is 6.72. The Morgan fingerprint density at radius 3 is 3.00 bits per heavy atom. The third-order valence-electron chi connectivity index (χ3n) is 2.00. The molecule has 1 aliphatic carbocycles. The van der Waals surface area contributed by atoms with Gasteiger partial charge in [-0.3, -0.25) is 0 Å². The van der Waals surface area contributed by atoms with E-state index in [1.54, 1.807) is 0 Å². The molecular formula is C12H13NO. The van der Waals surface area contributed by atoms with Crippen LogP contribution in [0.15, 0.2) is 24.3 Å². The Balaban J connectivity index is 2.08. The van der Waals surface area contributed by atoms with Gasteiger partial charge >= 0.3 is 0 Å². The van der Waals surface area contributed by atoms with Crippen LogP contribution in [0.25, 0.3) is 0 Å². The van der Waals surface area contributed by atoms with E-state index in [9.17, 15) is 0 Å². The molecule has 2 rings (SSSR count). The second kappa shape index (κ2) is 4.17. The summed E-state index contributed by atoms with van der Waals surface area (Å²) in [5, 5.41) is 0. The number of hydrogen-bond donors (Lipinski definition) is 1. The predicted molar refractivity (Wildman–Crippen MR) is 56.0 cm³/mol. The molecule has 0 amide bonds. The highest BCUT2D eigenvalue weighted by Gasteiger charge is 2.23. The smallest absolute Gasteiger partial charge is 0.120 e. The minimum atomic E-state index is 0.397. The Morgan fingerprint density at radius 1 is 1.43 bits per heavy atom. The van der Waals surface area contributed by atoms with Crippen molar-refractivity contribution in [2.45, 2.75) is 18.9 Å². The molecule has 0 saturated heterocycles. The van der Waals surface area contributed by atoms with Crippen molar-refractivity contribution in [1.29, 1.82) is 0 Å². The zero-order chi connectivity index (χ0) is 9.80. The standard InChI is InChI=1S/C12H13NO/c13-8-2-4-10-3-1-5-12(9-10)14-11-6-7-11/h1,3,5,9,11H,6-8,13H2. The molecule has 2 nitrogen and oxygen atoms in total. The van der Waals surface area contributed by atoms with E-state index in [-0.39, 0.29) is 0 Å². The summed E-state index contributed by atoms with van der Waals surface area (Å²) in [6.07, 6.45) is 2.80. The molecule has 1 aromatic carbocycles. The SMILES string of the molecule is NCC#Cc1cccc(OC2CC2)c1. The second-order valence-electron chi connectivity index (χ2n) is 3.35. The van der Waals surface area contributed by atoms with Crippen molar-refractivity contribution < 1.29 is 4.74 Å². The topological polar surface area (TPSA) is 35.2 Å². The molecule has 0 spiro atoms. The highest BCUT2D eigenvalue weighted by atomic mass is 16.5. The normalized spacial score (nSPS) is 14.4. The molecular weight excluding hydrogens is 174 g/mol. The van der Waals surface area contributed by atoms with Crippen molar-refractivity contribution in [2.75, 3.05) is 6.54 Å². The molecule has 0 heterocycles. The lowest BCUT2D eigenvalue weighted by molar-refractivity contribution is 0.303. The summed E-state index contributed by atoms with van der Waals surface area (Å²) >= 11 is 0. The van der Waals surface area contributed by atoms with Crippen molar-refractivity contribution in [1.82, 2.24) is 0 Å². The van der Waals surface area contributed by atoms with E-state index in [0.29, 0.717) is 12.6 Å². The quantitative estimate of drug-likeness (QED) is 0.713. The van der Waals surface area contributed by atoms with E-state index in [1.165, 1.54) is 12.8 Å². The fourth-order valence-electron chi connectivity index (χ4n) is 1.18. The molecule has 0 bridgehead atoms. The zero-order valence-electron chi connectivity index (χ0n) is 7.99. The van der Waals surface area contributed by atoms with Crippen molar-refractivity contribution in [2.24, 2.45) is 5.73 Å². The van der Waals surface area contributed by atoms with Crippen LogP contribution in [-0.4, -0.2) is 12.6 Å². The average Bonchev–Trinajstić information content (AvgIpc) is 2.99. The molecule has 0 aromatic heterocycles. The Hall–Kier alpha value is -1.46. The molecule has 0 unspecified atom stereocenters. The Kier molecular flexibility index (Phi) is 2.71. The Labute approximate surface area is 84.1 Å². The van der Waals surface area contributed by atoms with Crippen LogP contribution in [0.2, 0.25) is 0 Å². The maximum absolute atomic E-state index is 5.65. The summed E-state index contributed by atoms with van der Waals surface area (Å²) in [6.45, 7) is 0.397. The van der Waals surface area contributed by atoms with Gasteiger partial charge < -0.3 is 10.5 Å². The van der Waals surface area contributed by atoms with Crippen LogP contribution in [0.1, 0.15) is 18.4 Å².